The molecule has 0 amide bonds. The lowest BCUT2D eigenvalue weighted by Gasteiger charge is -2.05. The number of fused-ring (bicyclic) bond motifs is 4. The standard InChI is InChI=1S/C20H12N2O3/c23-17-7-3-4-11-12(17)8-9-18-13(11)10-14(20(24)25-18)19-21-15-5-1-2-6-16(15)22-19/h1-10,23H,(H,21,22). The lowest BCUT2D eigenvalue weighted by molar-refractivity contribution is 0.481. The third kappa shape index (κ3) is 2.03. The summed E-state index contributed by atoms with van der Waals surface area (Å²) in [5.41, 5.74) is 2.02. The second-order valence-corrected chi connectivity index (χ2v) is 5.90. The van der Waals surface area contributed by atoms with Gasteiger partial charge in [-0.05, 0) is 41.8 Å². The van der Waals surface area contributed by atoms with Crippen LogP contribution < -0.4 is 5.63 Å². The highest BCUT2D eigenvalue weighted by Crippen LogP contribution is 2.32. The number of aromatic nitrogens is 2. The number of nitrogens with one attached hydrogen (secondary N) is 1. The molecule has 5 rings (SSSR count). The Morgan fingerprint density at radius 3 is 2.68 bits per heavy atom. The second-order valence-electron chi connectivity index (χ2n) is 5.90. The van der Waals surface area contributed by atoms with Crippen molar-refractivity contribution in [3.05, 3.63) is 71.1 Å². The fourth-order valence-corrected chi connectivity index (χ4v) is 3.19. The van der Waals surface area contributed by atoms with E-state index in [1.165, 1.54) is 0 Å². The molecule has 2 heterocycles. The Balaban J connectivity index is 1.86. The van der Waals surface area contributed by atoms with E-state index in [9.17, 15) is 9.90 Å². The number of rotatable bonds is 1. The zero-order valence-corrected chi connectivity index (χ0v) is 13.0. The number of para-hydroxylation sites is 2. The third-order valence-electron chi connectivity index (χ3n) is 4.40. The summed E-state index contributed by atoms with van der Waals surface area (Å²) in [5, 5.41) is 12.3. The van der Waals surface area contributed by atoms with E-state index in [0.717, 1.165) is 21.8 Å². The van der Waals surface area contributed by atoms with Gasteiger partial charge in [0.05, 0.1) is 11.0 Å². The van der Waals surface area contributed by atoms with Crippen molar-refractivity contribution < 1.29 is 9.52 Å². The van der Waals surface area contributed by atoms with Crippen molar-refractivity contribution >= 4 is 32.8 Å². The van der Waals surface area contributed by atoms with Crippen LogP contribution >= 0.6 is 0 Å². The molecule has 120 valence electrons. The van der Waals surface area contributed by atoms with E-state index >= 15 is 0 Å². The van der Waals surface area contributed by atoms with E-state index in [4.69, 9.17) is 4.42 Å². The number of benzene rings is 3. The summed E-state index contributed by atoms with van der Waals surface area (Å²) in [6.45, 7) is 0. The van der Waals surface area contributed by atoms with Crippen molar-refractivity contribution in [3.63, 3.8) is 0 Å². The molecule has 0 saturated heterocycles. The molecule has 0 saturated carbocycles. The van der Waals surface area contributed by atoms with E-state index in [1.807, 2.05) is 30.3 Å². The van der Waals surface area contributed by atoms with Crippen molar-refractivity contribution in [2.24, 2.45) is 0 Å². The van der Waals surface area contributed by atoms with Crippen LogP contribution in [-0.2, 0) is 0 Å². The molecule has 5 heteroatoms. The lowest BCUT2D eigenvalue weighted by Crippen LogP contribution is -2.03. The Labute approximate surface area is 141 Å². The van der Waals surface area contributed by atoms with Crippen molar-refractivity contribution in [1.29, 1.82) is 0 Å². The molecule has 2 N–H and O–H groups in total. The van der Waals surface area contributed by atoms with Gasteiger partial charge in [-0.25, -0.2) is 9.78 Å². The molecule has 0 spiro atoms. The van der Waals surface area contributed by atoms with Crippen LogP contribution in [0.1, 0.15) is 0 Å². The van der Waals surface area contributed by atoms with Crippen LogP contribution in [0.25, 0.3) is 44.2 Å². The van der Waals surface area contributed by atoms with Crippen LogP contribution in [0.4, 0.5) is 0 Å². The Morgan fingerprint density at radius 2 is 1.80 bits per heavy atom. The first-order valence-corrected chi connectivity index (χ1v) is 7.84. The van der Waals surface area contributed by atoms with E-state index in [0.29, 0.717) is 22.4 Å². The quantitative estimate of drug-likeness (QED) is 0.357. The number of H-pyrrole nitrogens is 1. The predicted octanol–water partition coefficient (Wildman–Crippen LogP) is 4.20. The Bertz CT molecular complexity index is 1300. The molecule has 0 fully saturated rings. The number of aromatic amines is 1. The number of imidazole rings is 1. The fraction of sp³-hybridized carbons (Fsp3) is 0. The molecule has 5 aromatic rings. The molecule has 3 aromatic carbocycles. The molecule has 2 aromatic heterocycles. The number of hydrogen-bond donors (Lipinski definition) is 2. The highest BCUT2D eigenvalue weighted by molar-refractivity contribution is 6.08. The molecule has 0 bridgehead atoms. The number of aromatic hydroxyl groups is 1. The van der Waals surface area contributed by atoms with Crippen molar-refractivity contribution in [2.75, 3.05) is 0 Å². The summed E-state index contributed by atoms with van der Waals surface area (Å²) >= 11 is 0. The molecule has 0 atom stereocenters. The molecule has 0 aliphatic carbocycles. The van der Waals surface area contributed by atoms with Crippen molar-refractivity contribution in [2.45, 2.75) is 0 Å². The van der Waals surface area contributed by atoms with Crippen LogP contribution in [0, 0.1) is 0 Å². The average Bonchev–Trinajstić information content (AvgIpc) is 3.05. The average molecular weight is 328 g/mol. The highest BCUT2D eigenvalue weighted by atomic mass is 16.4. The normalized spacial score (nSPS) is 11.5. The summed E-state index contributed by atoms with van der Waals surface area (Å²) in [4.78, 5) is 20.1. The first kappa shape index (κ1) is 13.8. The minimum absolute atomic E-state index is 0.191. The molecule has 25 heavy (non-hydrogen) atoms. The Kier molecular flexibility index (Phi) is 2.73. The van der Waals surface area contributed by atoms with Crippen LogP contribution in [0.15, 0.2) is 69.9 Å². The van der Waals surface area contributed by atoms with E-state index in [-0.39, 0.29) is 5.75 Å². The van der Waals surface area contributed by atoms with Gasteiger partial charge in [-0.3, -0.25) is 0 Å². The zero-order chi connectivity index (χ0) is 17.0. The van der Waals surface area contributed by atoms with Gasteiger partial charge in [-0.15, -0.1) is 0 Å². The van der Waals surface area contributed by atoms with Crippen LogP contribution in [0.3, 0.4) is 0 Å². The maximum absolute atomic E-state index is 12.4. The van der Waals surface area contributed by atoms with Gasteiger partial charge in [0.15, 0.2) is 0 Å². The topological polar surface area (TPSA) is 79.1 Å². The highest BCUT2D eigenvalue weighted by Gasteiger charge is 2.14. The van der Waals surface area contributed by atoms with E-state index in [1.54, 1.807) is 30.3 Å². The SMILES string of the molecule is O=c1oc2ccc3c(O)cccc3c2cc1-c1nc2ccccc2[nH]1. The van der Waals surface area contributed by atoms with Crippen LogP contribution in [0.2, 0.25) is 0 Å². The smallest absolute Gasteiger partial charge is 0.347 e. The molecular formula is C20H12N2O3. The lowest BCUT2D eigenvalue weighted by atomic mass is 10.0. The molecule has 0 aliphatic heterocycles. The van der Waals surface area contributed by atoms with Gasteiger partial charge >= 0.3 is 5.63 Å². The summed E-state index contributed by atoms with van der Waals surface area (Å²) < 4.78 is 5.49. The number of phenols is 1. The van der Waals surface area contributed by atoms with Crippen molar-refractivity contribution in [3.8, 4) is 17.1 Å². The van der Waals surface area contributed by atoms with Gasteiger partial charge in [-0.2, -0.15) is 0 Å². The van der Waals surface area contributed by atoms with Gasteiger partial charge in [0.2, 0.25) is 0 Å². The molecule has 5 nitrogen and oxygen atoms in total. The first-order valence-electron chi connectivity index (χ1n) is 7.84. The van der Waals surface area contributed by atoms with Gasteiger partial charge in [0.1, 0.15) is 22.7 Å². The summed E-state index contributed by atoms with van der Waals surface area (Å²) in [6, 6.07) is 18.1. The molecule has 0 unspecified atom stereocenters. The summed E-state index contributed by atoms with van der Waals surface area (Å²) in [7, 11) is 0. The van der Waals surface area contributed by atoms with Crippen molar-refractivity contribution in [1.82, 2.24) is 9.97 Å². The van der Waals surface area contributed by atoms with Crippen LogP contribution in [0.5, 0.6) is 5.75 Å². The van der Waals surface area contributed by atoms with E-state index < -0.39 is 5.63 Å². The number of phenolic OH excluding ortho intramolecular Hbond substituents is 1. The monoisotopic (exact) mass is 328 g/mol. The maximum Gasteiger partial charge on any atom is 0.347 e. The third-order valence-corrected chi connectivity index (χ3v) is 4.40. The Hall–Kier alpha value is -3.60. The molecule has 0 radical (unpaired) electrons. The number of hydrogen-bond acceptors (Lipinski definition) is 4. The Morgan fingerprint density at radius 1 is 0.920 bits per heavy atom. The molecule has 0 aliphatic rings. The van der Waals surface area contributed by atoms with Crippen LogP contribution in [-0.4, -0.2) is 15.1 Å². The maximum atomic E-state index is 12.4. The first-order chi connectivity index (χ1) is 12.2. The molecular weight excluding hydrogens is 316 g/mol. The minimum Gasteiger partial charge on any atom is -0.507 e. The fourth-order valence-electron chi connectivity index (χ4n) is 3.19. The predicted molar refractivity (Wildman–Crippen MR) is 96.7 cm³/mol. The minimum atomic E-state index is -0.453. The second kappa shape index (κ2) is 4.95. The summed E-state index contributed by atoms with van der Waals surface area (Å²) in [6.07, 6.45) is 0. The van der Waals surface area contributed by atoms with E-state index in [2.05, 4.69) is 9.97 Å². The van der Waals surface area contributed by atoms with Gasteiger partial charge < -0.3 is 14.5 Å². The van der Waals surface area contributed by atoms with Gasteiger partial charge in [-0.1, -0.05) is 24.3 Å². The summed E-state index contributed by atoms with van der Waals surface area (Å²) in [5.74, 6) is 0.657. The van der Waals surface area contributed by atoms with Gasteiger partial charge in [0, 0.05) is 10.8 Å². The van der Waals surface area contributed by atoms with Gasteiger partial charge in [0.25, 0.3) is 0 Å². The number of nitrogens with zero attached hydrogens (tertiary/aromatic N) is 1. The zero-order valence-electron chi connectivity index (χ0n) is 13.0. The largest absolute Gasteiger partial charge is 0.507 e.